The van der Waals surface area contributed by atoms with Crippen molar-refractivity contribution in [3.8, 4) is 0 Å². The van der Waals surface area contributed by atoms with Gasteiger partial charge in [0.2, 0.25) is 5.91 Å². The molecule has 15 heavy (non-hydrogen) atoms. The Morgan fingerprint density at radius 1 is 1.60 bits per heavy atom. The second-order valence-corrected chi connectivity index (χ2v) is 4.29. The summed E-state index contributed by atoms with van der Waals surface area (Å²) in [7, 11) is 0. The van der Waals surface area contributed by atoms with Crippen LogP contribution in [0, 0.1) is 0 Å². The normalized spacial score (nSPS) is 20.1. The number of carbonyl (C=O) groups is 1. The molecule has 2 rings (SSSR count). The first-order valence-corrected chi connectivity index (χ1v) is 5.38. The molecule has 0 radical (unpaired) electrons. The highest BCUT2D eigenvalue weighted by atomic mass is 79.9. The largest absolute Gasteiger partial charge is 0.396 e. The van der Waals surface area contributed by atoms with E-state index in [4.69, 9.17) is 5.73 Å². The van der Waals surface area contributed by atoms with Crippen molar-refractivity contribution in [2.45, 2.75) is 12.5 Å². The van der Waals surface area contributed by atoms with Gasteiger partial charge in [0.05, 0.1) is 28.1 Å². The number of nitrogens with zero attached hydrogens (tertiary/aromatic N) is 1. The van der Waals surface area contributed by atoms with Crippen LogP contribution >= 0.6 is 15.9 Å². The van der Waals surface area contributed by atoms with Crippen molar-refractivity contribution in [2.24, 2.45) is 0 Å². The van der Waals surface area contributed by atoms with E-state index in [2.05, 4.69) is 31.5 Å². The molecule has 1 unspecified atom stereocenters. The van der Waals surface area contributed by atoms with Gasteiger partial charge in [-0.25, -0.2) is 0 Å². The summed E-state index contributed by atoms with van der Waals surface area (Å²) in [6, 6.07) is 0.0958. The number of nitrogens with one attached hydrogen (secondary N) is 2. The van der Waals surface area contributed by atoms with E-state index in [0.29, 0.717) is 18.7 Å². The van der Waals surface area contributed by atoms with Gasteiger partial charge in [0.25, 0.3) is 0 Å². The number of anilines is 2. The van der Waals surface area contributed by atoms with Gasteiger partial charge in [-0.3, -0.25) is 9.78 Å². The zero-order valence-electron chi connectivity index (χ0n) is 7.96. The van der Waals surface area contributed by atoms with Crippen LogP contribution in [0.5, 0.6) is 0 Å². The van der Waals surface area contributed by atoms with Crippen LogP contribution in [-0.2, 0) is 4.79 Å². The number of hydrogen-bond donors (Lipinski definition) is 3. The van der Waals surface area contributed by atoms with Crippen LogP contribution in [0.1, 0.15) is 6.42 Å². The Morgan fingerprint density at radius 3 is 3.00 bits per heavy atom. The average molecular weight is 271 g/mol. The molecule has 1 amide bonds. The van der Waals surface area contributed by atoms with E-state index in [1.54, 1.807) is 12.4 Å². The van der Waals surface area contributed by atoms with Crippen molar-refractivity contribution in [3.05, 3.63) is 16.9 Å². The highest BCUT2D eigenvalue weighted by Crippen LogP contribution is 2.28. The Hall–Kier alpha value is -1.30. The molecule has 4 N–H and O–H groups in total. The van der Waals surface area contributed by atoms with E-state index in [1.807, 2.05) is 0 Å². The monoisotopic (exact) mass is 270 g/mol. The zero-order chi connectivity index (χ0) is 10.8. The zero-order valence-corrected chi connectivity index (χ0v) is 9.54. The molecule has 0 bridgehead atoms. The van der Waals surface area contributed by atoms with E-state index in [9.17, 15) is 4.79 Å². The second kappa shape index (κ2) is 4.06. The van der Waals surface area contributed by atoms with E-state index >= 15 is 0 Å². The summed E-state index contributed by atoms with van der Waals surface area (Å²) in [5, 5.41) is 5.97. The minimum absolute atomic E-state index is 0.0660. The number of aromatic nitrogens is 1. The van der Waals surface area contributed by atoms with Gasteiger partial charge >= 0.3 is 0 Å². The van der Waals surface area contributed by atoms with Gasteiger partial charge in [0.1, 0.15) is 0 Å². The molecular weight excluding hydrogens is 260 g/mol. The van der Waals surface area contributed by atoms with Gasteiger partial charge in [-0.1, -0.05) is 0 Å². The Kier molecular flexibility index (Phi) is 2.77. The molecule has 1 saturated heterocycles. The van der Waals surface area contributed by atoms with Crippen LogP contribution in [0.25, 0.3) is 0 Å². The van der Waals surface area contributed by atoms with Crippen molar-refractivity contribution in [2.75, 3.05) is 17.6 Å². The fourth-order valence-corrected chi connectivity index (χ4v) is 1.98. The predicted molar refractivity (Wildman–Crippen MR) is 61.4 cm³/mol. The molecule has 2 heterocycles. The van der Waals surface area contributed by atoms with E-state index in [1.165, 1.54) is 0 Å². The molecule has 5 nitrogen and oxygen atoms in total. The van der Waals surface area contributed by atoms with Gasteiger partial charge < -0.3 is 16.4 Å². The van der Waals surface area contributed by atoms with Gasteiger partial charge in [0, 0.05) is 19.2 Å². The summed E-state index contributed by atoms with van der Waals surface area (Å²) in [5.74, 6) is 0.0660. The summed E-state index contributed by atoms with van der Waals surface area (Å²) in [4.78, 5) is 14.9. The first-order valence-electron chi connectivity index (χ1n) is 4.59. The maximum atomic E-state index is 11.0. The lowest BCUT2D eigenvalue weighted by molar-refractivity contribution is -0.119. The fourth-order valence-electron chi connectivity index (χ4n) is 1.51. The third kappa shape index (κ3) is 2.20. The number of halogens is 1. The van der Waals surface area contributed by atoms with Crippen molar-refractivity contribution in [1.82, 2.24) is 10.3 Å². The Morgan fingerprint density at radius 2 is 2.40 bits per heavy atom. The van der Waals surface area contributed by atoms with Crippen LogP contribution < -0.4 is 16.4 Å². The van der Waals surface area contributed by atoms with Crippen LogP contribution in [-0.4, -0.2) is 23.5 Å². The maximum absolute atomic E-state index is 11.0. The molecule has 1 aromatic rings. The van der Waals surface area contributed by atoms with Crippen LogP contribution in [0.4, 0.5) is 11.4 Å². The highest BCUT2D eigenvalue weighted by molar-refractivity contribution is 9.10. The van der Waals surface area contributed by atoms with Crippen LogP contribution in [0.2, 0.25) is 0 Å². The summed E-state index contributed by atoms with van der Waals surface area (Å²) in [6.45, 7) is 0.632. The lowest BCUT2D eigenvalue weighted by atomic mass is 10.2. The molecule has 1 aromatic heterocycles. The number of amides is 1. The first kappa shape index (κ1) is 10.2. The molecule has 0 saturated carbocycles. The number of nitrogen functional groups attached to an aromatic ring is 1. The second-order valence-electron chi connectivity index (χ2n) is 3.44. The first-order chi connectivity index (χ1) is 7.16. The molecule has 0 spiro atoms. The molecule has 1 aliphatic rings. The summed E-state index contributed by atoms with van der Waals surface area (Å²) < 4.78 is 0.807. The van der Waals surface area contributed by atoms with Gasteiger partial charge in [0.15, 0.2) is 0 Å². The van der Waals surface area contributed by atoms with Crippen molar-refractivity contribution >= 4 is 33.2 Å². The number of pyridine rings is 1. The number of hydrogen-bond acceptors (Lipinski definition) is 4. The molecule has 1 aliphatic heterocycles. The van der Waals surface area contributed by atoms with E-state index in [-0.39, 0.29) is 11.9 Å². The third-order valence-electron chi connectivity index (χ3n) is 2.25. The van der Waals surface area contributed by atoms with Gasteiger partial charge in [-0.15, -0.1) is 0 Å². The summed E-state index contributed by atoms with van der Waals surface area (Å²) in [6.07, 6.45) is 3.73. The van der Waals surface area contributed by atoms with E-state index < -0.39 is 0 Å². The van der Waals surface area contributed by atoms with E-state index in [0.717, 1.165) is 10.2 Å². The number of carbonyl (C=O) groups excluding carboxylic acids is 1. The lowest BCUT2D eigenvalue weighted by Gasteiger charge is -2.15. The molecule has 0 aliphatic carbocycles. The molecule has 6 heteroatoms. The van der Waals surface area contributed by atoms with Gasteiger partial charge in [-0.05, 0) is 15.9 Å². The SMILES string of the molecule is Nc1cncc(Br)c1NC1CNC(=O)C1. The molecule has 0 aromatic carbocycles. The fraction of sp³-hybridized carbons (Fsp3) is 0.333. The molecule has 1 fully saturated rings. The highest BCUT2D eigenvalue weighted by Gasteiger charge is 2.22. The standard InChI is InChI=1S/C9H11BrN4O/c10-6-3-12-4-7(11)9(6)14-5-1-8(15)13-2-5/h3-5H,1-2,11H2,(H,12,14)(H,13,15). The lowest BCUT2D eigenvalue weighted by Crippen LogP contribution is -2.23. The average Bonchev–Trinajstić information content (AvgIpc) is 2.58. The molecule has 1 atom stereocenters. The minimum Gasteiger partial charge on any atom is -0.396 e. The number of rotatable bonds is 2. The minimum atomic E-state index is 0.0660. The summed E-state index contributed by atoms with van der Waals surface area (Å²) >= 11 is 3.36. The smallest absolute Gasteiger partial charge is 0.222 e. The Labute approximate surface area is 95.6 Å². The van der Waals surface area contributed by atoms with Crippen molar-refractivity contribution in [1.29, 1.82) is 0 Å². The van der Waals surface area contributed by atoms with Crippen LogP contribution in [0.3, 0.4) is 0 Å². The summed E-state index contributed by atoms with van der Waals surface area (Å²) in [5.41, 5.74) is 7.14. The topological polar surface area (TPSA) is 80.0 Å². The van der Waals surface area contributed by atoms with Crippen LogP contribution in [0.15, 0.2) is 16.9 Å². The predicted octanol–water partition coefficient (Wildman–Crippen LogP) is 0.727. The van der Waals surface area contributed by atoms with Gasteiger partial charge in [-0.2, -0.15) is 0 Å². The molecular formula is C9H11BrN4O. The van der Waals surface area contributed by atoms with Crippen molar-refractivity contribution in [3.63, 3.8) is 0 Å². The van der Waals surface area contributed by atoms with Crippen molar-refractivity contribution < 1.29 is 4.79 Å². The third-order valence-corrected chi connectivity index (χ3v) is 2.86. The molecule has 80 valence electrons. The maximum Gasteiger partial charge on any atom is 0.222 e. The quantitative estimate of drug-likeness (QED) is 0.740. The Bertz CT molecular complexity index is 375. The Balaban J connectivity index is 2.13. The number of nitrogens with two attached hydrogens (primary N) is 1.